The van der Waals surface area contributed by atoms with Gasteiger partial charge in [-0.15, -0.1) is 0 Å². The van der Waals surface area contributed by atoms with Gasteiger partial charge in [0.1, 0.15) is 0 Å². The van der Waals surface area contributed by atoms with E-state index < -0.39 is 0 Å². The fourth-order valence-corrected chi connectivity index (χ4v) is 4.88. The Kier molecular flexibility index (Phi) is 34.9. The zero-order valence-corrected chi connectivity index (χ0v) is 26.9. The van der Waals surface area contributed by atoms with Crippen molar-refractivity contribution in [3.8, 4) is 0 Å². The maximum atomic E-state index is 6.21. The van der Waals surface area contributed by atoms with Crippen LogP contribution in [0.25, 0.3) is 0 Å². The van der Waals surface area contributed by atoms with E-state index in [1.54, 1.807) is 6.26 Å². The van der Waals surface area contributed by atoms with Gasteiger partial charge in [0.25, 0.3) is 0 Å². The van der Waals surface area contributed by atoms with Gasteiger partial charge in [0, 0.05) is 19.8 Å². The molecule has 0 bridgehead atoms. The highest BCUT2D eigenvalue weighted by Crippen LogP contribution is 2.15. The summed E-state index contributed by atoms with van der Waals surface area (Å²) in [6, 6.07) is 0. The fraction of sp³-hybridized carbons (Fsp3) is 0.943. The normalized spacial score (nSPS) is 11.8. The molecule has 0 rings (SSSR count). The smallest absolute Gasteiger partial charge is 0.188 e. The van der Waals surface area contributed by atoms with Crippen molar-refractivity contribution in [3.05, 3.63) is 12.3 Å². The summed E-state index contributed by atoms with van der Waals surface area (Å²) < 4.78 is 22.8. The van der Waals surface area contributed by atoms with Gasteiger partial charge in [0.2, 0.25) is 0 Å². The molecule has 0 saturated heterocycles. The SMILES string of the molecule is CCCCCCCCCOC(CCCCCCCCCCCC=COCOCC)OCCCCCCCCC. The first-order valence-corrected chi connectivity index (χ1v) is 17.4. The van der Waals surface area contributed by atoms with E-state index in [4.69, 9.17) is 18.9 Å². The second kappa shape index (κ2) is 35.4. The van der Waals surface area contributed by atoms with E-state index in [0.29, 0.717) is 13.4 Å². The first-order chi connectivity index (χ1) is 19.3. The van der Waals surface area contributed by atoms with Crippen molar-refractivity contribution in [2.24, 2.45) is 0 Å². The largest absolute Gasteiger partial charge is 0.475 e. The molecule has 39 heavy (non-hydrogen) atoms. The van der Waals surface area contributed by atoms with Crippen LogP contribution < -0.4 is 0 Å². The molecule has 4 heteroatoms. The van der Waals surface area contributed by atoms with Crippen LogP contribution in [-0.4, -0.2) is 32.9 Å². The number of rotatable bonds is 34. The van der Waals surface area contributed by atoms with Gasteiger partial charge in [-0.05, 0) is 51.5 Å². The second-order valence-corrected chi connectivity index (χ2v) is 11.3. The van der Waals surface area contributed by atoms with Crippen molar-refractivity contribution in [3.63, 3.8) is 0 Å². The number of hydrogen-bond acceptors (Lipinski definition) is 4. The molecule has 0 spiro atoms. The summed E-state index contributed by atoms with van der Waals surface area (Å²) in [5.41, 5.74) is 0. The minimum atomic E-state index is 0.0174. The first-order valence-electron chi connectivity index (χ1n) is 17.4. The maximum Gasteiger partial charge on any atom is 0.188 e. The van der Waals surface area contributed by atoms with Crippen LogP contribution in [-0.2, 0) is 18.9 Å². The van der Waals surface area contributed by atoms with E-state index in [2.05, 4.69) is 19.9 Å². The zero-order valence-electron chi connectivity index (χ0n) is 26.9. The van der Waals surface area contributed by atoms with Crippen LogP contribution >= 0.6 is 0 Å². The molecule has 0 aliphatic carbocycles. The average Bonchev–Trinajstić information content (AvgIpc) is 2.95. The van der Waals surface area contributed by atoms with Gasteiger partial charge < -0.3 is 18.9 Å². The fourth-order valence-electron chi connectivity index (χ4n) is 4.88. The Hall–Kier alpha value is -0.580. The minimum Gasteiger partial charge on any atom is -0.475 e. The van der Waals surface area contributed by atoms with Crippen molar-refractivity contribution in [2.75, 3.05) is 26.6 Å². The number of ether oxygens (including phenoxy) is 4. The molecule has 0 N–H and O–H groups in total. The Morgan fingerprint density at radius 3 is 1.41 bits per heavy atom. The highest BCUT2D eigenvalue weighted by molar-refractivity contribution is 4.72. The van der Waals surface area contributed by atoms with E-state index >= 15 is 0 Å². The predicted molar refractivity (Wildman–Crippen MR) is 169 cm³/mol. The summed E-state index contributed by atoms with van der Waals surface area (Å²) in [7, 11) is 0. The third kappa shape index (κ3) is 33.5. The van der Waals surface area contributed by atoms with Crippen molar-refractivity contribution in [1.29, 1.82) is 0 Å². The van der Waals surface area contributed by atoms with E-state index in [-0.39, 0.29) is 6.29 Å². The number of allylic oxidation sites excluding steroid dienone is 1. The molecule has 0 aromatic rings. The zero-order chi connectivity index (χ0) is 28.3. The lowest BCUT2D eigenvalue weighted by molar-refractivity contribution is -0.148. The molecule has 0 atom stereocenters. The van der Waals surface area contributed by atoms with Crippen LogP contribution in [0.4, 0.5) is 0 Å². The maximum absolute atomic E-state index is 6.21. The van der Waals surface area contributed by atoms with Crippen molar-refractivity contribution < 1.29 is 18.9 Å². The van der Waals surface area contributed by atoms with E-state index in [9.17, 15) is 0 Å². The van der Waals surface area contributed by atoms with Crippen LogP contribution in [0.3, 0.4) is 0 Å². The lowest BCUT2D eigenvalue weighted by Gasteiger charge is -2.19. The van der Waals surface area contributed by atoms with Crippen LogP contribution in [0.2, 0.25) is 0 Å². The quantitative estimate of drug-likeness (QED) is 0.0450. The second-order valence-electron chi connectivity index (χ2n) is 11.3. The molecule has 0 fully saturated rings. The summed E-state index contributed by atoms with van der Waals surface area (Å²) >= 11 is 0. The molecule has 0 unspecified atom stereocenters. The Bertz CT molecular complexity index is 434. The molecule has 0 aliphatic heterocycles. The average molecular weight is 555 g/mol. The molecular formula is C35H70O4. The number of hydrogen-bond donors (Lipinski definition) is 0. The molecule has 0 heterocycles. The molecule has 0 saturated carbocycles. The van der Waals surface area contributed by atoms with Gasteiger partial charge in [0.05, 0.1) is 6.26 Å². The highest BCUT2D eigenvalue weighted by atomic mass is 16.7. The van der Waals surface area contributed by atoms with Gasteiger partial charge in [-0.25, -0.2) is 0 Å². The minimum absolute atomic E-state index is 0.0174. The highest BCUT2D eigenvalue weighted by Gasteiger charge is 2.09. The van der Waals surface area contributed by atoms with Crippen molar-refractivity contribution in [1.82, 2.24) is 0 Å². The summed E-state index contributed by atoms with van der Waals surface area (Å²) in [6.07, 6.45) is 36.7. The molecule has 0 amide bonds. The Balaban J connectivity index is 3.79. The molecule has 0 aliphatic rings. The molecule has 4 nitrogen and oxygen atoms in total. The molecule has 0 aromatic carbocycles. The summed E-state index contributed by atoms with van der Waals surface area (Å²) in [6.45, 7) is 9.35. The van der Waals surface area contributed by atoms with E-state index in [1.807, 2.05) is 6.92 Å². The molecule has 0 aromatic heterocycles. The molecule has 234 valence electrons. The summed E-state index contributed by atoms with van der Waals surface area (Å²) in [5.74, 6) is 0. The standard InChI is InChI=1S/C35H70O4/c1-4-7-9-11-19-24-28-32-38-35(39-33-29-25-20-12-10-8-5-2)30-26-22-18-16-14-13-15-17-21-23-27-31-37-34-36-6-3/h27,31,35H,4-26,28-30,32-34H2,1-3H3. The third-order valence-electron chi connectivity index (χ3n) is 7.46. The van der Waals surface area contributed by atoms with Crippen LogP contribution in [0.15, 0.2) is 12.3 Å². The topological polar surface area (TPSA) is 36.9 Å². The van der Waals surface area contributed by atoms with Gasteiger partial charge in [-0.1, -0.05) is 136 Å². The monoisotopic (exact) mass is 555 g/mol. The Labute approximate surface area is 245 Å². The number of unbranched alkanes of at least 4 members (excludes halogenated alkanes) is 21. The molecular weight excluding hydrogens is 484 g/mol. The molecule has 0 radical (unpaired) electrons. The third-order valence-corrected chi connectivity index (χ3v) is 7.46. The van der Waals surface area contributed by atoms with Gasteiger partial charge in [-0.3, -0.25) is 0 Å². The lowest BCUT2D eigenvalue weighted by atomic mass is 10.1. The van der Waals surface area contributed by atoms with Gasteiger partial charge in [0.15, 0.2) is 13.1 Å². The van der Waals surface area contributed by atoms with Crippen LogP contribution in [0.1, 0.15) is 181 Å². The predicted octanol–water partition coefficient (Wildman–Crippen LogP) is 11.7. The van der Waals surface area contributed by atoms with E-state index in [0.717, 1.165) is 26.1 Å². The van der Waals surface area contributed by atoms with Gasteiger partial charge >= 0.3 is 0 Å². The van der Waals surface area contributed by atoms with E-state index in [1.165, 1.54) is 148 Å². The van der Waals surface area contributed by atoms with Gasteiger partial charge in [-0.2, -0.15) is 0 Å². The van der Waals surface area contributed by atoms with Crippen molar-refractivity contribution in [2.45, 2.75) is 188 Å². The summed E-state index contributed by atoms with van der Waals surface area (Å²) in [4.78, 5) is 0. The Morgan fingerprint density at radius 1 is 0.487 bits per heavy atom. The Morgan fingerprint density at radius 2 is 0.923 bits per heavy atom. The first kappa shape index (κ1) is 38.4. The van der Waals surface area contributed by atoms with Crippen molar-refractivity contribution >= 4 is 0 Å². The summed E-state index contributed by atoms with van der Waals surface area (Å²) in [5, 5.41) is 0. The lowest BCUT2D eigenvalue weighted by Crippen LogP contribution is -2.19. The van der Waals surface area contributed by atoms with Crippen LogP contribution in [0.5, 0.6) is 0 Å². The van der Waals surface area contributed by atoms with Crippen LogP contribution in [0, 0.1) is 0 Å².